The molecule has 0 aliphatic rings. The smallest absolute Gasteiger partial charge is 0.146 e. The lowest BCUT2D eigenvalue weighted by Gasteiger charge is -2.18. The maximum Gasteiger partial charge on any atom is 0.146 e. The highest BCUT2D eigenvalue weighted by atomic mass is 35.5. The van der Waals surface area contributed by atoms with Crippen molar-refractivity contribution in [2.24, 2.45) is 7.05 Å². The van der Waals surface area contributed by atoms with Crippen molar-refractivity contribution in [3.8, 4) is 0 Å². The number of rotatable bonds is 6. The second-order valence-corrected chi connectivity index (χ2v) is 5.25. The number of halogens is 2. The van der Waals surface area contributed by atoms with Crippen LogP contribution in [0.3, 0.4) is 0 Å². The molecule has 4 nitrogen and oxygen atoms in total. The van der Waals surface area contributed by atoms with Crippen LogP contribution in [0.4, 0.5) is 4.39 Å². The quantitative estimate of drug-likeness (QED) is 0.891. The van der Waals surface area contributed by atoms with Gasteiger partial charge in [0.25, 0.3) is 0 Å². The summed E-state index contributed by atoms with van der Waals surface area (Å²) in [5, 5.41) is 8.33. The van der Waals surface area contributed by atoms with Crippen LogP contribution in [0.5, 0.6) is 0 Å². The first-order valence-corrected chi connectivity index (χ1v) is 7.50. The molecular weight excluding hydrogens is 291 g/mol. The van der Waals surface area contributed by atoms with E-state index in [4.69, 9.17) is 11.6 Å². The van der Waals surface area contributed by atoms with E-state index in [0.29, 0.717) is 17.1 Å². The second-order valence-electron chi connectivity index (χ2n) is 4.87. The summed E-state index contributed by atoms with van der Waals surface area (Å²) in [5.74, 6) is -0.308. The van der Waals surface area contributed by atoms with E-state index in [-0.39, 0.29) is 11.9 Å². The van der Waals surface area contributed by atoms with E-state index in [2.05, 4.69) is 15.4 Å². The largest absolute Gasteiger partial charge is 0.308 e. The lowest BCUT2D eigenvalue weighted by atomic mass is 10.1. The van der Waals surface area contributed by atoms with Gasteiger partial charge in [0.2, 0.25) is 0 Å². The first-order valence-electron chi connectivity index (χ1n) is 7.12. The van der Waals surface area contributed by atoms with Crippen molar-refractivity contribution < 1.29 is 4.39 Å². The van der Waals surface area contributed by atoms with Crippen molar-refractivity contribution in [2.75, 3.05) is 6.54 Å². The van der Waals surface area contributed by atoms with Crippen LogP contribution >= 0.6 is 11.6 Å². The number of hydrogen-bond acceptors (Lipinski definition) is 3. The van der Waals surface area contributed by atoms with Gasteiger partial charge in [-0.15, -0.1) is 0 Å². The highest BCUT2D eigenvalue weighted by molar-refractivity contribution is 6.31. The zero-order valence-corrected chi connectivity index (χ0v) is 13.3. The lowest BCUT2D eigenvalue weighted by molar-refractivity contribution is 0.483. The van der Waals surface area contributed by atoms with Crippen molar-refractivity contribution in [3.05, 3.63) is 46.3 Å². The zero-order valence-electron chi connectivity index (χ0n) is 12.5. The molecule has 1 N–H and O–H groups in total. The minimum Gasteiger partial charge on any atom is -0.308 e. The molecule has 0 amide bonds. The lowest BCUT2D eigenvalue weighted by Crippen LogP contribution is -2.26. The Bertz CT molecular complexity index is 612. The van der Waals surface area contributed by atoms with Gasteiger partial charge in [-0.3, -0.25) is 9.67 Å². The molecule has 0 aromatic carbocycles. The molecule has 2 heterocycles. The topological polar surface area (TPSA) is 42.7 Å². The maximum atomic E-state index is 14.0. The summed E-state index contributed by atoms with van der Waals surface area (Å²) in [6.07, 6.45) is 2.92. The molecule has 0 saturated heterocycles. The summed E-state index contributed by atoms with van der Waals surface area (Å²) in [4.78, 5) is 4.17. The number of pyridine rings is 1. The average Bonchev–Trinajstić information content (AvgIpc) is 2.74. The molecule has 2 aromatic heterocycles. The molecule has 1 atom stereocenters. The predicted octanol–water partition coefficient (Wildman–Crippen LogP) is 3.06. The Morgan fingerprint density at radius 2 is 2.19 bits per heavy atom. The van der Waals surface area contributed by atoms with Gasteiger partial charge in [-0.2, -0.15) is 5.10 Å². The van der Waals surface area contributed by atoms with Gasteiger partial charge in [0.15, 0.2) is 0 Å². The molecule has 114 valence electrons. The molecule has 0 aliphatic heterocycles. The fraction of sp³-hybridized carbons (Fsp3) is 0.467. The predicted molar refractivity (Wildman–Crippen MR) is 81.9 cm³/mol. The Kier molecular flexibility index (Phi) is 5.31. The number of aryl methyl sites for hydroxylation is 2. The van der Waals surface area contributed by atoms with Gasteiger partial charge in [0.1, 0.15) is 5.82 Å². The fourth-order valence-corrected chi connectivity index (χ4v) is 2.77. The molecule has 2 rings (SSSR count). The number of nitrogens with one attached hydrogen (secondary N) is 1. The van der Waals surface area contributed by atoms with Gasteiger partial charge >= 0.3 is 0 Å². The van der Waals surface area contributed by atoms with Crippen LogP contribution in [0, 0.1) is 5.82 Å². The van der Waals surface area contributed by atoms with Crippen LogP contribution in [0.1, 0.15) is 37.0 Å². The van der Waals surface area contributed by atoms with E-state index >= 15 is 0 Å². The monoisotopic (exact) mass is 310 g/mol. The fourth-order valence-electron chi connectivity index (χ4n) is 2.40. The van der Waals surface area contributed by atoms with Crippen LogP contribution in [-0.2, 0) is 19.9 Å². The van der Waals surface area contributed by atoms with Crippen LogP contribution in [0.25, 0.3) is 0 Å². The van der Waals surface area contributed by atoms with Crippen LogP contribution < -0.4 is 5.32 Å². The number of likely N-dealkylation sites (N-methyl/N-ethyl adjacent to an activating group) is 1. The summed E-state index contributed by atoms with van der Waals surface area (Å²) in [7, 11) is 1.86. The summed E-state index contributed by atoms with van der Waals surface area (Å²) in [5.41, 5.74) is 2.17. The van der Waals surface area contributed by atoms with E-state index in [9.17, 15) is 4.39 Å². The third-order valence-corrected chi connectivity index (χ3v) is 3.90. The van der Waals surface area contributed by atoms with E-state index in [1.54, 1.807) is 16.9 Å². The van der Waals surface area contributed by atoms with Crippen molar-refractivity contribution >= 4 is 11.6 Å². The highest BCUT2D eigenvalue weighted by Crippen LogP contribution is 2.26. The first-order chi connectivity index (χ1) is 10.1. The molecule has 1 unspecified atom stereocenters. The first kappa shape index (κ1) is 15.9. The van der Waals surface area contributed by atoms with E-state index in [1.807, 2.05) is 20.9 Å². The third kappa shape index (κ3) is 3.41. The van der Waals surface area contributed by atoms with Gasteiger partial charge in [-0.25, -0.2) is 4.39 Å². The molecule has 0 bridgehead atoms. The molecule has 2 aromatic rings. The Hall–Kier alpha value is -1.46. The van der Waals surface area contributed by atoms with Crippen molar-refractivity contribution in [3.63, 3.8) is 0 Å². The summed E-state index contributed by atoms with van der Waals surface area (Å²) >= 11 is 6.38. The SMILES string of the molecule is CCNC(Cc1c(Cl)c(CC)nn1C)c1ncccc1F. The standard InChI is InChI=1S/C15H20ClFN4/c1-4-11-14(16)13(21(3)20-11)9-12(18-5-2)15-10(17)7-6-8-19-15/h6-8,12,18H,4-5,9H2,1-3H3. The zero-order chi connectivity index (χ0) is 15.4. The molecule has 0 spiro atoms. The van der Waals surface area contributed by atoms with Gasteiger partial charge in [-0.05, 0) is 25.1 Å². The Balaban J connectivity index is 2.33. The van der Waals surface area contributed by atoms with Crippen LogP contribution in [-0.4, -0.2) is 21.3 Å². The van der Waals surface area contributed by atoms with Crippen molar-refractivity contribution in [1.82, 2.24) is 20.1 Å². The normalized spacial score (nSPS) is 12.6. The summed E-state index contributed by atoms with van der Waals surface area (Å²) in [6.45, 7) is 4.71. The maximum absolute atomic E-state index is 14.0. The van der Waals surface area contributed by atoms with Gasteiger partial charge < -0.3 is 5.32 Å². The molecule has 21 heavy (non-hydrogen) atoms. The number of aromatic nitrogens is 3. The van der Waals surface area contributed by atoms with Gasteiger partial charge in [0.05, 0.1) is 28.1 Å². The molecule has 0 radical (unpaired) electrons. The summed E-state index contributed by atoms with van der Waals surface area (Å²) in [6, 6.07) is 2.79. The minimum atomic E-state index is -0.308. The van der Waals surface area contributed by atoms with Crippen LogP contribution in [0.15, 0.2) is 18.3 Å². The molecule has 0 saturated carbocycles. The summed E-state index contributed by atoms with van der Waals surface area (Å²) < 4.78 is 15.8. The van der Waals surface area contributed by atoms with Crippen LogP contribution in [0.2, 0.25) is 5.02 Å². The molecular formula is C15H20ClFN4. The Labute approximate surface area is 129 Å². The molecule has 0 fully saturated rings. The Morgan fingerprint density at radius 1 is 1.43 bits per heavy atom. The van der Waals surface area contributed by atoms with E-state index in [0.717, 1.165) is 24.4 Å². The average molecular weight is 311 g/mol. The molecule has 0 aliphatic carbocycles. The minimum absolute atomic E-state index is 0.228. The number of nitrogens with zero attached hydrogens (tertiary/aromatic N) is 3. The van der Waals surface area contributed by atoms with Crippen molar-refractivity contribution in [1.29, 1.82) is 0 Å². The number of hydrogen-bond donors (Lipinski definition) is 1. The van der Waals surface area contributed by atoms with Gasteiger partial charge in [-0.1, -0.05) is 25.4 Å². The third-order valence-electron chi connectivity index (χ3n) is 3.47. The van der Waals surface area contributed by atoms with Crippen molar-refractivity contribution in [2.45, 2.75) is 32.7 Å². The Morgan fingerprint density at radius 3 is 2.76 bits per heavy atom. The van der Waals surface area contributed by atoms with Gasteiger partial charge in [0, 0.05) is 19.7 Å². The highest BCUT2D eigenvalue weighted by Gasteiger charge is 2.21. The second kappa shape index (κ2) is 7.00. The van der Waals surface area contributed by atoms with E-state index in [1.165, 1.54) is 6.07 Å². The molecule has 6 heteroatoms. The van der Waals surface area contributed by atoms with E-state index < -0.39 is 0 Å².